The van der Waals surface area contributed by atoms with Gasteiger partial charge in [0.15, 0.2) is 11.9 Å². The summed E-state index contributed by atoms with van der Waals surface area (Å²) in [5.41, 5.74) is 0. The average Bonchev–Trinajstić information content (AvgIpc) is 2.42. The second kappa shape index (κ2) is 3.32. The Labute approximate surface area is 89.2 Å². The van der Waals surface area contributed by atoms with Crippen LogP contribution in [0.4, 0.5) is 0 Å². The van der Waals surface area contributed by atoms with E-state index in [0.29, 0.717) is 0 Å². The molecule has 2 aliphatic rings. The molecule has 0 spiro atoms. The number of rotatable bonds is 1. The Morgan fingerprint density at radius 1 is 1.33 bits per heavy atom. The summed E-state index contributed by atoms with van der Waals surface area (Å²) >= 11 is 0. The first kappa shape index (κ1) is 10.6. The van der Waals surface area contributed by atoms with E-state index >= 15 is 0 Å². The molecule has 0 aromatic heterocycles. The van der Waals surface area contributed by atoms with E-state index in [2.05, 4.69) is 6.58 Å². The van der Waals surface area contributed by atoms with Crippen LogP contribution in [0.3, 0.4) is 0 Å². The molecular weight excluding hydrogens is 196 g/mol. The third-order valence-electron chi connectivity index (χ3n) is 2.84. The van der Waals surface area contributed by atoms with Crippen LogP contribution in [-0.4, -0.2) is 30.1 Å². The van der Waals surface area contributed by atoms with E-state index < -0.39 is 5.79 Å². The van der Waals surface area contributed by atoms with E-state index in [4.69, 9.17) is 14.2 Å². The van der Waals surface area contributed by atoms with Gasteiger partial charge in [-0.05, 0) is 20.8 Å². The maximum absolute atomic E-state index is 11.4. The summed E-state index contributed by atoms with van der Waals surface area (Å²) in [5, 5.41) is 0. The Balaban J connectivity index is 2.26. The first-order valence-electron chi connectivity index (χ1n) is 5.13. The Kier molecular flexibility index (Phi) is 2.35. The molecule has 2 aliphatic heterocycles. The minimum atomic E-state index is -0.692. The summed E-state index contributed by atoms with van der Waals surface area (Å²) < 4.78 is 16.5. The van der Waals surface area contributed by atoms with Crippen LogP contribution < -0.4 is 0 Å². The normalized spacial score (nSPS) is 43.3. The lowest BCUT2D eigenvalue weighted by Crippen LogP contribution is -2.53. The highest BCUT2D eigenvalue weighted by atomic mass is 16.7. The molecule has 0 bridgehead atoms. The Morgan fingerprint density at radius 3 is 2.60 bits per heavy atom. The van der Waals surface area contributed by atoms with Crippen molar-refractivity contribution in [2.45, 2.75) is 44.9 Å². The summed E-state index contributed by atoms with van der Waals surface area (Å²) in [7, 11) is 0. The fourth-order valence-corrected chi connectivity index (χ4v) is 2.08. The van der Waals surface area contributed by atoms with Gasteiger partial charge < -0.3 is 14.2 Å². The van der Waals surface area contributed by atoms with Crippen LogP contribution in [-0.2, 0) is 19.0 Å². The maximum Gasteiger partial charge on any atom is 0.311 e. The second-order valence-corrected chi connectivity index (χ2v) is 4.49. The standard InChI is InChI=1S/C11H16O4/c1-5-7-9-8(6(2)10(12)13-9)15-11(3,4)14-7/h5-9H,1H2,2-4H3. The van der Waals surface area contributed by atoms with Gasteiger partial charge in [-0.2, -0.15) is 0 Å². The van der Waals surface area contributed by atoms with Gasteiger partial charge in [0.25, 0.3) is 0 Å². The molecule has 4 heteroatoms. The molecule has 0 radical (unpaired) electrons. The molecule has 2 heterocycles. The third kappa shape index (κ3) is 1.68. The first-order chi connectivity index (χ1) is 6.94. The molecule has 2 saturated heterocycles. The van der Waals surface area contributed by atoms with Crippen molar-refractivity contribution in [3.63, 3.8) is 0 Å². The van der Waals surface area contributed by atoms with E-state index in [0.717, 1.165) is 0 Å². The third-order valence-corrected chi connectivity index (χ3v) is 2.84. The van der Waals surface area contributed by atoms with Gasteiger partial charge in [-0.1, -0.05) is 6.08 Å². The van der Waals surface area contributed by atoms with Crippen LogP contribution in [0.5, 0.6) is 0 Å². The fraction of sp³-hybridized carbons (Fsp3) is 0.727. The number of carbonyl (C=O) groups excluding carboxylic acids is 1. The van der Waals surface area contributed by atoms with Gasteiger partial charge in [-0.15, -0.1) is 6.58 Å². The number of esters is 1. The van der Waals surface area contributed by atoms with Crippen molar-refractivity contribution in [2.75, 3.05) is 0 Å². The smallest absolute Gasteiger partial charge is 0.311 e. The predicted octanol–water partition coefficient (Wildman–Crippen LogP) is 1.25. The van der Waals surface area contributed by atoms with Crippen molar-refractivity contribution in [1.82, 2.24) is 0 Å². The molecule has 4 unspecified atom stereocenters. The summed E-state index contributed by atoms with van der Waals surface area (Å²) in [6.45, 7) is 9.16. The Hall–Kier alpha value is -0.870. The molecule has 0 N–H and O–H groups in total. The molecule has 84 valence electrons. The lowest BCUT2D eigenvalue weighted by Gasteiger charge is -2.41. The summed E-state index contributed by atoms with van der Waals surface area (Å²) in [6, 6.07) is 0. The zero-order chi connectivity index (χ0) is 11.2. The highest BCUT2D eigenvalue weighted by Crippen LogP contribution is 2.37. The molecule has 2 rings (SSSR count). The minimum absolute atomic E-state index is 0.224. The van der Waals surface area contributed by atoms with Crippen LogP contribution >= 0.6 is 0 Å². The van der Waals surface area contributed by atoms with E-state index in [9.17, 15) is 4.79 Å². The fourth-order valence-electron chi connectivity index (χ4n) is 2.08. The largest absolute Gasteiger partial charge is 0.456 e. The zero-order valence-electron chi connectivity index (χ0n) is 9.23. The molecule has 15 heavy (non-hydrogen) atoms. The molecular formula is C11H16O4. The lowest BCUT2D eigenvalue weighted by atomic mass is 9.97. The van der Waals surface area contributed by atoms with Crippen LogP contribution in [0.2, 0.25) is 0 Å². The number of hydrogen-bond donors (Lipinski definition) is 0. The molecule has 2 fully saturated rings. The lowest BCUT2D eigenvalue weighted by molar-refractivity contribution is -0.314. The van der Waals surface area contributed by atoms with Gasteiger partial charge in [0, 0.05) is 0 Å². The molecule has 4 atom stereocenters. The summed E-state index contributed by atoms with van der Waals surface area (Å²) in [6.07, 6.45) is 0.794. The highest BCUT2D eigenvalue weighted by Gasteiger charge is 2.53. The molecule has 0 saturated carbocycles. The number of fused-ring (bicyclic) bond motifs is 1. The van der Waals surface area contributed by atoms with Crippen LogP contribution in [0, 0.1) is 5.92 Å². The average molecular weight is 212 g/mol. The predicted molar refractivity (Wildman–Crippen MR) is 53.1 cm³/mol. The molecule has 0 aromatic carbocycles. The van der Waals surface area contributed by atoms with Gasteiger partial charge in [0.1, 0.15) is 12.2 Å². The van der Waals surface area contributed by atoms with Crippen LogP contribution in [0.25, 0.3) is 0 Å². The van der Waals surface area contributed by atoms with Gasteiger partial charge in [0.2, 0.25) is 0 Å². The number of hydrogen-bond acceptors (Lipinski definition) is 4. The topological polar surface area (TPSA) is 44.8 Å². The minimum Gasteiger partial charge on any atom is -0.456 e. The van der Waals surface area contributed by atoms with Crippen molar-refractivity contribution in [3.05, 3.63) is 12.7 Å². The number of carbonyl (C=O) groups is 1. The molecule has 0 aliphatic carbocycles. The first-order valence-corrected chi connectivity index (χ1v) is 5.13. The van der Waals surface area contributed by atoms with Crippen molar-refractivity contribution in [3.8, 4) is 0 Å². The Morgan fingerprint density at radius 2 is 2.00 bits per heavy atom. The van der Waals surface area contributed by atoms with Gasteiger partial charge in [0.05, 0.1) is 5.92 Å². The second-order valence-electron chi connectivity index (χ2n) is 4.49. The molecule has 0 aromatic rings. The van der Waals surface area contributed by atoms with E-state index in [1.807, 2.05) is 20.8 Å². The van der Waals surface area contributed by atoms with Gasteiger partial charge in [-0.25, -0.2) is 0 Å². The Bertz CT molecular complexity index is 297. The maximum atomic E-state index is 11.4. The van der Waals surface area contributed by atoms with Crippen molar-refractivity contribution in [1.29, 1.82) is 0 Å². The highest BCUT2D eigenvalue weighted by molar-refractivity contribution is 5.75. The van der Waals surface area contributed by atoms with Crippen molar-refractivity contribution >= 4 is 5.97 Å². The van der Waals surface area contributed by atoms with Crippen LogP contribution in [0.15, 0.2) is 12.7 Å². The van der Waals surface area contributed by atoms with E-state index in [1.54, 1.807) is 6.08 Å². The monoisotopic (exact) mass is 212 g/mol. The molecule has 0 amide bonds. The zero-order valence-corrected chi connectivity index (χ0v) is 9.23. The summed E-state index contributed by atoms with van der Waals surface area (Å²) in [4.78, 5) is 11.4. The quantitative estimate of drug-likeness (QED) is 0.485. The summed E-state index contributed by atoms with van der Waals surface area (Å²) in [5.74, 6) is -1.15. The van der Waals surface area contributed by atoms with E-state index in [-0.39, 0.29) is 30.2 Å². The SMILES string of the molecule is C=CC1OC(C)(C)OC2C(C)C(=O)OC12. The van der Waals surface area contributed by atoms with Gasteiger partial charge >= 0.3 is 5.97 Å². The van der Waals surface area contributed by atoms with Gasteiger partial charge in [-0.3, -0.25) is 4.79 Å². The van der Waals surface area contributed by atoms with E-state index in [1.165, 1.54) is 0 Å². The van der Waals surface area contributed by atoms with Crippen LogP contribution in [0.1, 0.15) is 20.8 Å². The number of ether oxygens (including phenoxy) is 3. The van der Waals surface area contributed by atoms with Crippen molar-refractivity contribution < 1.29 is 19.0 Å². The molecule has 4 nitrogen and oxygen atoms in total. The van der Waals surface area contributed by atoms with Crippen molar-refractivity contribution in [2.24, 2.45) is 5.92 Å².